The first kappa shape index (κ1) is 17.7. The molecule has 3 rings (SSSR count). The number of nitrogens with zero attached hydrogens (tertiary/aromatic N) is 1. The molecular weight excluding hydrogens is 334 g/mol. The molecule has 1 aromatic carbocycles. The van der Waals surface area contributed by atoms with Crippen molar-refractivity contribution in [2.75, 3.05) is 18.4 Å². The molecular formula is C19H21N3O4. The van der Waals surface area contributed by atoms with Crippen molar-refractivity contribution in [1.82, 2.24) is 10.2 Å². The molecule has 136 valence electrons. The standard InChI is InChI=1S/C19H21N3O4/c1-13-6-2-3-8-15(13)21-18(24)17(23)20-14-7-4-10-22(12-14)19(25)16-9-5-11-26-16/h2-3,5-6,8-9,11,14H,4,7,10,12H2,1H3,(H,20,23)(H,21,24). The highest BCUT2D eigenvalue weighted by molar-refractivity contribution is 6.39. The van der Waals surface area contributed by atoms with E-state index in [0.29, 0.717) is 25.2 Å². The molecule has 0 radical (unpaired) electrons. The number of rotatable bonds is 3. The van der Waals surface area contributed by atoms with Crippen LogP contribution in [0.25, 0.3) is 0 Å². The second kappa shape index (κ2) is 7.86. The molecule has 26 heavy (non-hydrogen) atoms. The molecule has 3 amide bonds. The van der Waals surface area contributed by atoms with E-state index in [2.05, 4.69) is 10.6 Å². The Balaban J connectivity index is 1.56. The Bertz CT molecular complexity index is 801. The first-order chi connectivity index (χ1) is 12.5. The first-order valence-corrected chi connectivity index (χ1v) is 8.55. The minimum Gasteiger partial charge on any atom is -0.459 e. The van der Waals surface area contributed by atoms with Crippen molar-refractivity contribution in [2.24, 2.45) is 0 Å². The lowest BCUT2D eigenvalue weighted by atomic mass is 10.1. The molecule has 1 aromatic heterocycles. The number of aryl methyl sites for hydroxylation is 1. The van der Waals surface area contributed by atoms with Gasteiger partial charge in [0.15, 0.2) is 5.76 Å². The lowest BCUT2D eigenvalue weighted by Gasteiger charge is -2.32. The average Bonchev–Trinajstić information content (AvgIpc) is 3.18. The Kier molecular flexibility index (Phi) is 5.36. The van der Waals surface area contributed by atoms with Gasteiger partial charge >= 0.3 is 11.8 Å². The number of para-hydroxylation sites is 1. The number of carbonyl (C=O) groups excluding carboxylic acids is 3. The molecule has 2 aromatic rings. The second-order valence-corrected chi connectivity index (χ2v) is 6.31. The zero-order valence-corrected chi connectivity index (χ0v) is 14.5. The third kappa shape index (κ3) is 4.11. The number of nitrogens with one attached hydrogen (secondary N) is 2. The molecule has 0 aliphatic carbocycles. The normalized spacial score (nSPS) is 16.8. The molecule has 0 bridgehead atoms. The van der Waals surface area contributed by atoms with Crippen molar-refractivity contribution in [2.45, 2.75) is 25.8 Å². The van der Waals surface area contributed by atoms with Crippen molar-refractivity contribution >= 4 is 23.4 Å². The highest BCUT2D eigenvalue weighted by Gasteiger charge is 2.28. The van der Waals surface area contributed by atoms with E-state index in [9.17, 15) is 14.4 Å². The summed E-state index contributed by atoms with van der Waals surface area (Å²) < 4.78 is 5.14. The zero-order valence-electron chi connectivity index (χ0n) is 14.5. The van der Waals surface area contributed by atoms with E-state index in [1.807, 2.05) is 19.1 Å². The van der Waals surface area contributed by atoms with Crippen LogP contribution in [0.2, 0.25) is 0 Å². The molecule has 1 aliphatic rings. The van der Waals surface area contributed by atoms with Gasteiger partial charge in [0.1, 0.15) is 0 Å². The molecule has 0 spiro atoms. The third-order valence-corrected chi connectivity index (χ3v) is 4.38. The van der Waals surface area contributed by atoms with Crippen LogP contribution in [0, 0.1) is 6.92 Å². The molecule has 1 fully saturated rings. The minimum absolute atomic E-state index is 0.210. The summed E-state index contributed by atoms with van der Waals surface area (Å²) in [6.45, 7) is 2.80. The van der Waals surface area contributed by atoms with Crippen LogP contribution in [0.3, 0.4) is 0 Å². The van der Waals surface area contributed by atoms with Gasteiger partial charge in [-0.05, 0) is 43.5 Å². The zero-order chi connectivity index (χ0) is 18.5. The van der Waals surface area contributed by atoms with Gasteiger partial charge < -0.3 is 20.0 Å². The summed E-state index contributed by atoms with van der Waals surface area (Å²) in [5, 5.41) is 5.32. The fourth-order valence-electron chi connectivity index (χ4n) is 2.98. The Labute approximate surface area is 151 Å². The van der Waals surface area contributed by atoms with Gasteiger partial charge in [-0.15, -0.1) is 0 Å². The van der Waals surface area contributed by atoms with E-state index in [-0.39, 0.29) is 17.7 Å². The van der Waals surface area contributed by atoms with Crippen LogP contribution in [-0.2, 0) is 9.59 Å². The number of hydrogen-bond acceptors (Lipinski definition) is 4. The van der Waals surface area contributed by atoms with Crippen LogP contribution < -0.4 is 10.6 Å². The number of amides is 3. The molecule has 0 saturated carbocycles. The van der Waals surface area contributed by atoms with Gasteiger partial charge in [0.05, 0.1) is 6.26 Å². The summed E-state index contributed by atoms with van der Waals surface area (Å²) in [7, 11) is 0. The molecule has 2 heterocycles. The van der Waals surface area contributed by atoms with Gasteiger partial charge in [-0.2, -0.15) is 0 Å². The summed E-state index contributed by atoms with van der Waals surface area (Å²) >= 11 is 0. The number of piperidine rings is 1. The summed E-state index contributed by atoms with van der Waals surface area (Å²) in [5.74, 6) is -1.35. The maximum absolute atomic E-state index is 12.3. The lowest BCUT2D eigenvalue weighted by Crippen LogP contribution is -2.51. The first-order valence-electron chi connectivity index (χ1n) is 8.55. The lowest BCUT2D eigenvalue weighted by molar-refractivity contribution is -0.136. The van der Waals surface area contributed by atoms with Crippen LogP contribution in [0.4, 0.5) is 5.69 Å². The van der Waals surface area contributed by atoms with Crippen molar-refractivity contribution in [3.63, 3.8) is 0 Å². The molecule has 1 atom stereocenters. The summed E-state index contributed by atoms with van der Waals surface area (Å²) in [6.07, 6.45) is 2.91. The Morgan fingerprint density at radius 3 is 2.65 bits per heavy atom. The van der Waals surface area contributed by atoms with Crippen molar-refractivity contribution in [3.8, 4) is 0 Å². The topological polar surface area (TPSA) is 91.7 Å². The molecule has 7 nitrogen and oxygen atoms in total. The molecule has 1 aliphatic heterocycles. The van der Waals surface area contributed by atoms with E-state index in [4.69, 9.17) is 4.42 Å². The maximum atomic E-state index is 12.3. The maximum Gasteiger partial charge on any atom is 0.313 e. The van der Waals surface area contributed by atoms with Gasteiger partial charge in [0, 0.05) is 24.8 Å². The van der Waals surface area contributed by atoms with E-state index in [1.54, 1.807) is 29.2 Å². The van der Waals surface area contributed by atoms with Gasteiger partial charge in [-0.1, -0.05) is 18.2 Å². The van der Waals surface area contributed by atoms with Crippen molar-refractivity contribution in [3.05, 3.63) is 54.0 Å². The molecule has 1 saturated heterocycles. The monoisotopic (exact) mass is 355 g/mol. The summed E-state index contributed by atoms with van der Waals surface area (Å²) in [6, 6.07) is 10.2. The van der Waals surface area contributed by atoms with Crippen molar-refractivity contribution in [1.29, 1.82) is 0 Å². The Morgan fingerprint density at radius 1 is 1.12 bits per heavy atom. The fourth-order valence-corrected chi connectivity index (χ4v) is 2.98. The van der Waals surface area contributed by atoms with E-state index < -0.39 is 11.8 Å². The quantitative estimate of drug-likeness (QED) is 0.823. The second-order valence-electron chi connectivity index (χ2n) is 6.31. The van der Waals surface area contributed by atoms with E-state index in [0.717, 1.165) is 12.0 Å². The number of benzene rings is 1. The number of likely N-dealkylation sites (tertiary alicyclic amines) is 1. The van der Waals surface area contributed by atoms with Gasteiger partial charge in [-0.3, -0.25) is 14.4 Å². The highest BCUT2D eigenvalue weighted by Crippen LogP contribution is 2.15. The molecule has 1 unspecified atom stereocenters. The Hall–Kier alpha value is -3.09. The van der Waals surface area contributed by atoms with E-state index >= 15 is 0 Å². The average molecular weight is 355 g/mol. The van der Waals surface area contributed by atoms with Gasteiger partial charge in [-0.25, -0.2) is 0 Å². The van der Waals surface area contributed by atoms with Crippen LogP contribution in [-0.4, -0.2) is 41.8 Å². The molecule has 7 heteroatoms. The van der Waals surface area contributed by atoms with Crippen LogP contribution in [0.1, 0.15) is 29.0 Å². The number of hydrogen-bond donors (Lipinski definition) is 2. The van der Waals surface area contributed by atoms with Crippen LogP contribution >= 0.6 is 0 Å². The Morgan fingerprint density at radius 2 is 1.92 bits per heavy atom. The van der Waals surface area contributed by atoms with Crippen molar-refractivity contribution < 1.29 is 18.8 Å². The number of furan rings is 1. The highest BCUT2D eigenvalue weighted by atomic mass is 16.3. The smallest absolute Gasteiger partial charge is 0.313 e. The summed E-state index contributed by atoms with van der Waals surface area (Å²) in [5.41, 5.74) is 1.48. The third-order valence-electron chi connectivity index (χ3n) is 4.38. The van der Waals surface area contributed by atoms with Crippen LogP contribution in [0.15, 0.2) is 47.1 Å². The summed E-state index contributed by atoms with van der Waals surface area (Å²) in [4.78, 5) is 38.3. The number of carbonyl (C=O) groups is 3. The van der Waals surface area contributed by atoms with Gasteiger partial charge in [0.2, 0.25) is 0 Å². The molecule has 2 N–H and O–H groups in total. The van der Waals surface area contributed by atoms with E-state index in [1.165, 1.54) is 6.26 Å². The number of anilines is 1. The predicted octanol–water partition coefficient (Wildman–Crippen LogP) is 1.95. The minimum atomic E-state index is -0.714. The van der Waals surface area contributed by atoms with Gasteiger partial charge in [0.25, 0.3) is 5.91 Å². The fraction of sp³-hybridized carbons (Fsp3) is 0.316. The predicted molar refractivity (Wildman–Crippen MR) is 95.6 cm³/mol. The van der Waals surface area contributed by atoms with Crippen LogP contribution in [0.5, 0.6) is 0 Å². The SMILES string of the molecule is Cc1ccccc1NC(=O)C(=O)NC1CCCN(C(=O)c2ccco2)C1. The largest absolute Gasteiger partial charge is 0.459 e.